The molecule has 0 fully saturated rings. The van der Waals surface area contributed by atoms with Crippen LogP contribution in [0.2, 0.25) is 0 Å². The van der Waals surface area contributed by atoms with Crippen LogP contribution in [-0.4, -0.2) is 49.5 Å². The number of carbonyl (C=O) groups is 1. The van der Waals surface area contributed by atoms with Gasteiger partial charge in [0.05, 0.1) is 16.9 Å². The zero-order chi connectivity index (χ0) is 20.8. The summed E-state index contributed by atoms with van der Waals surface area (Å²) in [5.41, 5.74) is 8.73. The first-order valence-electron chi connectivity index (χ1n) is 9.58. The van der Waals surface area contributed by atoms with Gasteiger partial charge in [-0.05, 0) is 62.3 Å². The number of benzene rings is 1. The lowest BCUT2D eigenvalue weighted by atomic mass is 10.1. The summed E-state index contributed by atoms with van der Waals surface area (Å²) in [5, 5.41) is 4.94. The quantitative estimate of drug-likeness (QED) is 0.550. The average Bonchev–Trinajstić information content (AvgIpc) is 3.25. The lowest BCUT2D eigenvalue weighted by Gasteiger charge is -2.23. The molecule has 29 heavy (non-hydrogen) atoms. The molecule has 152 valence electrons. The minimum atomic E-state index is -0.226. The van der Waals surface area contributed by atoms with Crippen LogP contribution in [0.5, 0.6) is 0 Å². The van der Waals surface area contributed by atoms with Crippen molar-refractivity contribution in [2.45, 2.75) is 6.92 Å². The third kappa shape index (κ3) is 5.34. The molecule has 0 aliphatic carbocycles. The first kappa shape index (κ1) is 20.8. The van der Waals surface area contributed by atoms with E-state index in [1.807, 2.05) is 55.9 Å². The number of hydrogen-bond acceptors (Lipinski definition) is 6. The maximum absolute atomic E-state index is 12.7. The zero-order valence-corrected chi connectivity index (χ0v) is 17.9. The maximum atomic E-state index is 12.7. The van der Waals surface area contributed by atoms with Crippen LogP contribution in [0.3, 0.4) is 0 Å². The molecule has 0 saturated carbocycles. The van der Waals surface area contributed by atoms with Crippen LogP contribution in [0.25, 0.3) is 10.4 Å². The second-order valence-corrected chi connectivity index (χ2v) is 7.97. The molecule has 0 saturated heterocycles. The van der Waals surface area contributed by atoms with Crippen LogP contribution >= 0.6 is 11.3 Å². The van der Waals surface area contributed by atoms with Gasteiger partial charge >= 0.3 is 0 Å². The largest absolute Gasteiger partial charge is 0.397 e. The fourth-order valence-corrected chi connectivity index (χ4v) is 3.64. The number of thiophene rings is 1. The van der Waals surface area contributed by atoms with Crippen molar-refractivity contribution in [3.05, 3.63) is 59.6 Å². The van der Waals surface area contributed by atoms with Crippen molar-refractivity contribution in [3.8, 4) is 10.4 Å². The molecule has 0 atom stereocenters. The molecule has 1 amide bonds. The number of likely N-dealkylation sites (N-methyl/N-ethyl adjacent to an activating group) is 2. The van der Waals surface area contributed by atoms with E-state index in [9.17, 15) is 4.79 Å². The molecule has 0 unspecified atom stereocenters. The van der Waals surface area contributed by atoms with Gasteiger partial charge in [-0.3, -0.25) is 4.79 Å². The average molecular weight is 410 g/mol. The van der Waals surface area contributed by atoms with Gasteiger partial charge in [-0.15, -0.1) is 11.3 Å². The molecule has 0 aliphatic heterocycles. The van der Waals surface area contributed by atoms with Crippen LogP contribution in [0.15, 0.2) is 54.0 Å². The third-order valence-corrected chi connectivity index (χ3v) is 5.56. The van der Waals surface area contributed by atoms with Crippen molar-refractivity contribution in [1.82, 2.24) is 9.88 Å². The minimum Gasteiger partial charge on any atom is -0.397 e. The number of anilines is 3. The molecule has 0 radical (unpaired) electrons. The van der Waals surface area contributed by atoms with Gasteiger partial charge in [-0.25, -0.2) is 4.98 Å². The predicted molar refractivity (Wildman–Crippen MR) is 123 cm³/mol. The number of pyridine rings is 1. The topological polar surface area (TPSA) is 74.5 Å². The van der Waals surface area contributed by atoms with Crippen LogP contribution in [-0.2, 0) is 0 Å². The summed E-state index contributed by atoms with van der Waals surface area (Å²) in [5.74, 6) is 0.639. The van der Waals surface area contributed by atoms with Crippen LogP contribution in [0, 0.1) is 0 Å². The van der Waals surface area contributed by atoms with Crippen LogP contribution in [0.4, 0.5) is 17.2 Å². The second kappa shape index (κ2) is 9.54. The Balaban J connectivity index is 1.72. The van der Waals surface area contributed by atoms with E-state index < -0.39 is 0 Å². The Hall–Kier alpha value is -2.90. The Morgan fingerprint density at radius 1 is 1.17 bits per heavy atom. The number of amides is 1. The van der Waals surface area contributed by atoms with Gasteiger partial charge in [0, 0.05) is 30.7 Å². The van der Waals surface area contributed by atoms with Gasteiger partial charge in [0.25, 0.3) is 5.91 Å². The van der Waals surface area contributed by atoms with Gasteiger partial charge in [0.1, 0.15) is 5.82 Å². The number of nitrogens with zero attached hydrogens (tertiary/aromatic N) is 3. The van der Waals surface area contributed by atoms with E-state index in [0.29, 0.717) is 16.9 Å². The molecule has 3 aromatic rings. The molecule has 2 heterocycles. The normalized spacial score (nSPS) is 10.9. The van der Waals surface area contributed by atoms with Crippen molar-refractivity contribution in [3.63, 3.8) is 0 Å². The van der Waals surface area contributed by atoms with E-state index >= 15 is 0 Å². The van der Waals surface area contributed by atoms with Crippen molar-refractivity contribution in [2.75, 3.05) is 49.7 Å². The monoisotopic (exact) mass is 409 g/mol. The smallest absolute Gasteiger partial charge is 0.257 e. The Kier molecular flexibility index (Phi) is 6.85. The molecule has 7 heteroatoms. The Labute approximate surface area is 176 Å². The van der Waals surface area contributed by atoms with Gasteiger partial charge in [-0.2, -0.15) is 0 Å². The van der Waals surface area contributed by atoms with Gasteiger partial charge < -0.3 is 20.9 Å². The number of nitrogen functional groups attached to an aromatic ring is 1. The van der Waals surface area contributed by atoms with Crippen molar-refractivity contribution in [1.29, 1.82) is 0 Å². The third-order valence-electron chi connectivity index (χ3n) is 4.64. The van der Waals surface area contributed by atoms with Crippen molar-refractivity contribution < 1.29 is 4.79 Å². The summed E-state index contributed by atoms with van der Waals surface area (Å²) in [6.45, 7) is 4.78. The molecular weight excluding hydrogens is 382 g/mol. The van der Waals surface area contributed by atoms with E-state index in [0.717, 1.165) is 35.9 Å². The molecule has 3 rings (SSSR count). The highest BCUT2D eigenvalue weighted by Gasteiger charge is 2.12. The van der Waals surface area contributed by atoms with Crippen molar-refractivity contribution >= 4 is 34.4 Å². The Bertz CT molecular complexity index is 938. The second-order valence-electron chi connectivity index (χ2n) is 7.02. The Morgan fingerprint density at radius 3 is 2.62 bits per heavy atom. The van der Waals surface area contributed by atoms with E-state index in [1.165, 1.54) is 0 Å². The minimum absolute atomic E-state index is 0.226. The summed E-state index contributed by atoms with van der Waals surface area (Å²) in [6.07, 6.45) is 1.61. The molecule has 6 nitrogen and oxygen atoms in total. The number of aromatic nitrogens is 1. The van der Waals surface area contributed by atoms with Crippen LogP contribution in [0.1, 0.15) is 17.3 Å². The first-order chi connectivity index (χ1) is 14.0. The number of rotatable bonds is 8. The molecule has 3 N–H and O–H groups in total. The molecule has 0 bridgehead atoms. The number of nitrogens with two attached hydrogens (primary N) is 1. The molecule has 1 aromatic carbocycles. The van der Waals surface area contributed by atoms with E-state index in [1.54, 1.807) is 23.6 Å². The summed E-state index contributed by atoms with van der Waals surface area (Å²) in [6, 6.07) is 13.4. The number of nitrogens with one attached hydrogen (secondary N) is 1. The van der Waals surface area contributed by atoms with Crippen LogP contribution < -0.4 is 16.0 Å². The first-order valence-corrected chi connectivity index (χ1v) is 10.5. The summed E-state index contributed by atoms with van der Waals surface area (Å²) < 4.78 is 0. The predicted octanol–water partition coefficient (Wildman–Crippen LogP) is 4.03. The fourth-order valence-electron chi connectivity index (χ4n) is 2.92. The molecular formula is C22H27N5OS. The molecule has 0 spiro atoms. The van der Waals surface area contributed by atoms with Crippen molar-refractivity contribution in [2.24, 2.45) is 0 Å². The number of carbonyl (C=O) groups excluding carboxylic acids is 1. The van der Waals surface area contributed by atoms with E-state index in [-0.39, 0.29) is 5.91 Å². The molecule has 2 aromatic heterocycles. The van der Waals surface area contributed by atoms with E-state index in [2.05, 4.69) is 27.0 Å². The summed E-state index contributed by atoms with van der Waals surface area (Å²) >= 11 is 1.65. The zero-order valence-electron chi connectivity index (χ0n) is 17.1. The highest BCUT2D eigenvalue weighted by molar-refractivity contribution is 7.13. The highest BCUT2D eigenvalue weighted by Crippen LogP contribution is 2.30. The number of hydrogen-bond donors (Lipinski definition) is 2. The summed E-state index contributed by atoms with van der Waals surface area (Å²) in [4.78, 5) is 22.6. The van der Waals surface area contributed by atoms with Gasteiger partial charge in [-0.1, -0.05) is 12.1 Å². The highest BCUT2D eigenvalue weighted by atomic mass is 32.1. The van der Waals surface area contributed by atoms with Gasteiger partial charge in [0.2, 0.25) is 0 Å². The lowest BCUT2D eigenvalue weighted by molar-refractivity contribution is 0.102. The molecule has 0 aliphatic rings. The summed E-state index contributed by atoms with van der Waals surface area (Å²) in [7, 11) is 4.10. The SMILES string of the molecule is CCN(CCN(C)C)c1ccc(C(=O)Nc2cc(-c3cccs3)ccc2N)cn1. The standard InChI is InChI=1S/C22H27N5OS/c1-4-27(12-11-26(2)3)21-10-8-17(15-24-21)22(28)25-19-14-16(7-9-18(19)23)20-6-5-13-29-20/h5-10,13-15H,4,11-12,23H2,1-3H3,(H,25,28). The maximum Gasteiger partial charge on any atom is 0.257 e. The van der Waals surface area contributed by atoms with Gasteiger partial charge in [0.15, 0.2) is 0 Å². The fraction of sp³-hybridized carbons (Fsp3) is 0.273. The Morgan fingerprint density at radius 2 is 2.00 bits per heavy atom. The van der Waals surface area contributed by atoms with E-state index in [4.69, 9.17) is 5.73 Å². The lowest BCUT2D eigenvalue weighted by Crippen LogP contribution is -2.32.